The maximum Gasteiger partial charge on any atom is 0.0687 e. The molecule has 0 unspecified atom stereocenters. The van der Waals surface area contributed by atoms with Crippen molar-refractivity contribution in [1.29, 1.82) is 0 Å². The average molecular weight is 186 g/mol. The Morgan fingerprint density at radius 2 is 1.64 bits per heavy atom. The maximum absolute atomic E-state index is 9.26. The SMILES string of the molecule is CCc1cccc2cccc(CO)c12. The fourth-order valence-electron chi connectivity index (χ4n) is 1.93. The van der Waals surface area contributed by atoms with Gasteiger partial charge in [-0.15, -0.1) is 0 Å². The molecule has 1 nitrogen and oxygen atoms in total. The van der Waals surface area contributed by atoms with Gasteiger partial charge in [0.05, 0.1) is 6.61 Å². The Labute approximate surface area is 84.0 Å². The molecule has 0 aliphatic rings. The van der Waals surface area contributed by atoms with Crippen LogP contribution in [-0.4, -0.2) is 5.11 Å². The van der Waals surface area contributed by atoms with Crippen molar-refractivity contribution in [3.05, 3.63) is 47.5 Å². The number of benzene rings is 2. The van der Waals surface area contributed by atoms with Gasteiger partial charge in [-0.2, -0.15) is 0 Å². The van der Waals surface area contributed by atoms with E-state index >= 15 is 0 Å². The molecule has 0 aromatic heterocycles. The Bertz CT molecular complexity index is 407. The van der Waals surface area contributed by atoms with E-state index in [1.165, 1.54) is 16.3 Å². The number of rotatable bonds is 2. The normalized spacial score (nSPS) is 10.7. The highest BCUT2D eigenvalue weighted by atomic mass is 16.3. The zero-order chi connectivity index (χ0) is 9.97. The zero-order valence-electron chi connectivity index (χ0n) is 8.33. The number of aliphatic hydroxyl groups excluding tert-OH is 1. The Balaban J connectivity index is 2.81. The van der Waals surface area contributed by atoms with E-state index in [0.717, 1.165) is 12.0 Å². The monoisotopic (exact) mass is 186 g/mol. The molecule has 0 aliphatic carbocycles. The molecule has 0 amide bonds. The van der Waals surface area contributed by atoms with Gasteiger partial charge in [-0.05, 0) is 28.3 Å². The van der Waals surface area contributed by atoms with E-state index in [-0.39, 0.29) is 6.61 Å². The van der Waals surface area contributed by atoms with Gasteiger partial charge in [0.1, 0.15) is 0 Å². The van der Waals surface area contributed by atoms with Crippen LogP contribution in [0.3, 0.4) is 0 Å². The number of fused-ring (bicyclic) bond motifs is 1. The van der Waals surface area contributed by atoms with Gasteiger partial charge in [-0.3, -0.25) is 0 Å². The summed E-state index contributed by atoms with van der Waals surface area (Å²) in [6.45, 7) is 2.26. The van der Waals surface area contributed by atoms with Gasteiger partial charge >= 0.3 is 0 Å². The van der Waals surface area contributed by atoms with Gasteiger partial charge in [0.25, 0.3) is 0 Å². The van der Waals surface area contributed by atoms with Crippen molar-refractivity contribution in [2.45, 2.75) is 20.0 Å². The number of aliphatic hydroxyl groups is 1. The van der Waals surface area contributed by atoms with Gasteiger partial charge < -0.3 is 5.11 Å². The van der Waals surface area contributed by atoms with E-state index in [1.807, 2.05) is 12.1 Å². The summed E-state index contributed by atoms with van der Waals surface area (Å²) < 4.78 is 0. The Morgan fingerprint density at radius 1 is 1.00 bits per heavy atom. The fourth-order valence-corrected chi connectivity index (χ4v) is 1.93. The summed E-state index contributed by atoms with van der Waals surface area (Å²) >= 11 is 0. The summed E-state index contributed by atoms with van der Waals surface area (Å²) in [5.74, 6) is 0. The minimum absolute atomic E-state index is 0.119. The molecule has 0 aliphatic heterocycles. The standard InChI is InChI=1S/C13H14O/c1-2-10-5-3-6-11-7-4-8-12(9-14)13(10)11/h3-8,14H,2,9H2,1H3. The third kappa shape index (κ3) is 1.40. The lowest BCUT2D eigenvalue weighted by Crippen LogP contribution is -1.90. The predicted octanol–water partition coefficient (Wildman–Crippen LogP) is 2.89. The lowest BCUT2D eigenvalue weighted by Gasteiger charge is -2.08. The molecule has 0 saturated carbocycles. The van der Waals surface area contributed by atoms with Crippen molar-refractivity contribution < 1.29 is 5.11 Å². The molecular weight excluding hydrogens is 172 g/mol. The van der Waals surface area contributed by atoms with E-state index < -0.39 is 0 Å². The summed E-state index contributed by atoms with van der Waals surface area (Å²) in [6.07, 6.45) is 1.01. The van der Waals surface area contributed by atoms with Crippen LogP contribution >= 0.6 is 0 Å². The van der Waals surface area contributed by atoms with Gasteiger partial charge in [-0.1, -0.05) is 43.3 Å². The highest BCUT2D eigenvalue weighted by molar-refractivity contribution is 5.88. The molecule has 0 fully saturated rings. The van der Waals surface area contributed by atoms with E-state index in [0.29, 0.717) is 0 Å². The van der Waals surface area contributed by atoms with Crippen LogP contribution in [0.25, 0.3) is 10.8 Å². The number of aryl methyl sites for hydroxylation is 1. The van der Waals surface area contributed by atoms with Crippen LogP contribution in [-0.2, 0) is 13.0 Å². The molecule has 72 valence electrons. The molecule has 0 bridgehead atoms. The van der Waals surface area contributed by atoms with Crippen molar-refractivity contribution >= 4 is 10.8 Å². The predicted molar refractivity (Wildman–Crippen MR) is 59.2 cm³/mol. The van der Waals surface area contributed by atoms with Crippen molar-refractivity contribution in [3.8, 4) is 0 Å². The molecule has 1 heteroatoms. The molecule has 1 N–H and O–H groups in total. The van der Waals surface area contributed by atoms with Crippen LogP contribution in [0.5, 0.6) is 0 Å². The molecule has 2 rings (SSSR count). The van der Waals surface area contributed by atoms with Crippen molar-refractivity contribution in [2.75, 3.05) is 0 Å². The lowest BCUT2D eigenvalue weighted by atomic mass is 9.98. The highest BCUT2D eigenvalue weighted by Crippen LogP contribution is 2.23. The molecule has 0 radical (unpaired) electrons. The second-order valence-corrected chi connectivity index (χ2v) is 3.44. The van der Waals surface area contributed by atoms with Gasteiger partial charge in [-0.25, -0.2) is 0 Å². The van der Waals surface area contributed by atoms with Crippen LogP contribution in [0.1, 0.15) is 18.1 Å². The summed E-state index contributed by atoms with van der Waals surface area (Å²) in [7, 11) is 0. The third-order valence-electron chi connectivity index (χ3n) is 2.63. The van der Waals surface area contributed by atoms with Crippen LogP contribution in [0, 0.1) is 0 Å². The van der Waals surface area contributed by atoms with E-state index in [2.05, 4.69) is 31.2 Å². The van der Waals surface area contributed by atoms with Crippen molar-refractivity contribution in [3.63, 3.8) is 0 Å². The highest BCUT2D eigenvalue weighted by Gasteiger charge is 2.03. The van der Waals surface area contributed by atoms with Crippen molar-refractivity contribution in [1.82, 2.24) is 0 Å². The number of hydrogen-bond acceptors (Lipinski definition) is 1. The van der Waals surface area contributed by atoms with E-state index in [9.17, 15) is 5.11 Å². The molecular formula is C13H14O. The van der Waals surface area contributed by atoms with Gasteiger partial charge in [0, 0.05) is 0 Å². The topological polar surface area (TPSA) is 20.2 Å². The van der Waals surface area contributed by atoms with Crippen LogP contribution < -0.4 is 0 Å². The summed E-state index contributed by atoms with van der Waals surface area (Å²) in [5.41, 5.74) is 2.34. The van der Waals surface area contributed by atoms with Crippen LogP contribution in [0.2, 0.25) is 0 Å². The summed E-state index contributed by atoms with van der Waals surface area (Å²) in [4.78, 5) is 0. The first-order valence-corrected chi connectivity index (χ1v) is 4.97. The number of hydrogen-bond donors (Lipinski definition) is 1. The quantitative estimate of drug-likeness (QED) is 0.764. The first-order chi connectivity index (χ1) is 6.86. The molecule has 0 atom stereocenters. The van der Waals surface area contributed by atoms with Gasteiger partial charge in [0.2, 0.25) is 0 Å². The Morgan fingerprint density at radius 3 is 2.21 bits per heavy atom. The van der Waals surface area contributed by atoms with Crippen LogP contribution in [0.15, 0.2) is 36.4 Å². The second-order valence-electron chi connectivity index (χ2n) is 3.44. The fraction of sp³-hybridized carbons (Fsp3) is 0.231. The Hall–Kier alpha value is -1.34. The minimum Gasteiger partial charge on any atom is -0.392 e. The first-order valence-electron chi connectivity index (χ1n) is 4.97. The second kappa shape index (κ2) is 3.81. The smallest absolute Gasteiger partial charge is 0.0687 e. The Kier molecular flexibility index (Phi) is 2.51. The molecule has 2 aromatic carbocycles. The molecule has 2 aromatic rings. The van der Waals surface area contributed by atoms with Crippen LogP contribution in [0.4, 0.5) is 0 Å². The zero-order valence-corrected chi connectivity index (χ0v) is 8.33. The third-order valence-corrected chi connectivity index (χ3v) is 2.63. The summed E-state index contributed by atoms with van der Waals surface area (Å²) in [6, 6.07) is 12.4. The molecule has 0 heterocycles. The molecule has 0 saturated heterocycles. The molecule has 0 spiro atoms. The van der Waals surface area contributed by atoms with Gasteiger partial charge in [0.15, 0.2) is 0 Å². The molecule has 14 heavy (non-hydrogen) atoms. The summed E-state index contributed by atoms with van der Waals surface area (Å²) in [5, 5.41) is 11.7. The maximum atomic E-state index is 9.26. The van der Waals surface area contributed by atoms with Crippen molar-refractivity contribution in [2.24, 2.45) is 0 Å². The van der Waals surface area contributed by atoms with E-state index in [1.54, 1.807) is 0 Å². The first kappa shape index (κ1) is 9.22. The minimum atomic E-state index is 0.119. The van der Waals surface area contributed by atoms with E-state index in [4.69, 9.17) is 0 Å². The average Bonchev–Trinajstić information content (AvgIpc) is 2.27. The lowest BCUT2D eigenvalue weighted by molar-refractivity contribution is 0.283. The largest absolute Gasteiger partial charge is 0.392 e.